The van der Waals surface area contributed by atoms with E-state index in [1.165, 1.54) is 11.3 Å². The lowest BCUT2D eigenvalue weighted by atomic mass is 10.1. The monoisotopic (exact) mass is 377 g/mol. The first-order valence-electron chi connectivity index (χ1n) is 8.45. The third-order valence-electron chi connectivity index (χ3n) is 3.75. The molecule has 3 rings (SSSR count). The summed E-state index contributed by atoms with van der Waals surface area (Å²) in [5.74, 6) is 0.421. The molecule has 0 radical (unpaired) electrons. The van der Waals surface area contributed by atoms with Gasteiger partial charge in [-0.1, -0.05) is 36.4 Å². The summed E-state index contributed by atoms with van der Waals surface area (Å²) in [6, 6.07) is 18.5. The maximum Gasteiger partial charge on any atom is 0.262 e. The maximum atomic E-state index is 12.0. The molecule has 27 heavy (non-hydrogen) atoms. The molecule has 0 saturated carbocycles. The molecule has 1 amide bonds. The predicted molar refractivity (Wildman–Crippen MR) is 109 cm³/mol. The molecule has 0 atom stereocenters. The highest BCUT2D eigenvalue weighted by Gasteiger charge is 2.05. The number of anilines is 1. The van der Waals surface area contributed by atoms with Crippen molar-refractivity contribution in [2.24, 2.45) is 0 Å². The van der Waals surface area contributed by atoms with E-state index in [1.54, 1.807) is 30.4 Å². The predicted octanol–water partition coefficient (Wildman–Crippen LogP) is 4.97. The molecule has 0 fully saturated rings. The number of benzene rings is 2. The van der Waals surface area contributed by atoms with Crippen molar-refractivity contribution in [3.05, 3.63) is 88.1 Å². The average molecular weight is 377 g/mol. The lowest BCUT2D eigenvalue weighted by Gasteiger charge is -2.08. The van der Waals surface area contributed by atoms with Crippen molar-refractivity contribution in [1.29, 1.82) is 0 Å². The highest BCUT2D eigenvalue weighted by Crippen LogP contribution is 2.15. The highest BCUT2D eigenvalue weighted by molar-refractivity contribution is 7.12. The van der Waals surface area contributed by atoms with Gasteiger partial charge in [-0.05, 0) is 59.8 Å². The Morgan fingerprint density at radius 2 is 1.89 bits per heavy atom. The summed E-state index contributed by atoms with van der Waals surface area (Å²) in [7, 11) is 0. The molecule has 0 aliphatic carbocycles. The second-order valence-corrected chi connectivity index (χ2v) is 6.90. The number of ether oxygens (including phenoxy) is 1. The number of rotatable bonds is 7. The SMILES string of the molecule is Cc1cccc(OCC(=O)Nc2ccc(C=CC(=O)c3cccs3)cc2)c1. The zero-order valence-corrected chi connectivity index (χ0v) is 15.7. The zero-order valence-electron chi connectivity index (χ0n) is 14.8. The molecule has 3 aromatic rings. The summed E-state index contributed by atoms with van der Waals surface area (Å²) < 4.78 is 5.49. The van der Waals surface area contributed by atoms with Crippen LogP contribution in [-0.2, 0) is 4.79 Å². The lowest BCUT2D eigenvalue weighted by Crippen LogP contribution is -2.20. The van der Waals surface area contributed by atoms with E-state index in [0.717, 1.165) is 11.1 Å². The van der Waals surface area contributed by atoms with Crippen molar-refractivity contribution < 1.29 is 14.3 Å². The largest absolute Gasteiger partial charge is 0.484 e. The van der Waals surface area contributed by atoms with E-state index in [0.29, 0.717) is 16.3 Å². The Balaban J connectivity index is 1.51. The van der Waals surface area contributed by atoms with Crippen molar-refractivity contribution in [2.45, 2.75) is 6.92 Å². The summed E-state index contributed by atoms with van der Waals surface area (Å²) in [5, 5.41) is 4.66. The first-order valence-corrected chi connectivity index (χ1v) is 9.33. The van der Waals surface area contributed by atoms with Gasteiger partial charge in [-0.2, -0.15) is 0 Å². The van der Waals surface area contributed by atoms with Crippen LogP contribution in [-0.4, -0.2) is 18.3 Å². The number of amides is 1. The first-order chi connectivity index (χ1) is 13.1. The molecular weight excluding hydrogens is 358 g/mol. The quantitative estimate of drug-likeness (QED) is 0.467. The molecule has 0 saturated heterocycles. The Morgan fingerprint density at radius 3 is 2.59 bits per heavy atom. The topological polar surface area (TPSA) is 55.4 Å². The average Bonchev–Trinajstić information content (AvgIpc) is 3.21. The summed E-state index contributed by atoms with van der Waals surface area (Å²) >= 11 is 1.42. The second kappa shape index (κ2) is 8.96. The van der Waals surface area contributed by atoms with E-state index in [1.807, 2.05) is 54.8 Å². The summed E-state index contributed by atoms with van der Waals surface area (Å²) in [6.07, 6.45) is 3.31. The Bertz CT molecular complexity index is 944. The molecule has 5 heteroatoms. The van der Waals surface area contributed by atoms with Crippen molar-refractivity contribution in [3.8, 4) is 5.75 Å². The van der Waals surface area contributed by atoms with Gasteiger partial charge in [0.15, 0.2) is 12.4 Å². The number of aryl methyl sites for hydroxylation is 1. The fraction of sp³-hybridized carbons (Fsp3) is 0.0909. The van der Waals surface area contributed by atoms with Crippen molar-refractivity contribution in [2.75, 3.05) is 11.9 Å². The van der Waals surface area contributed by atoms with Gasteiger partial charge in [0.25, 0.3) is 5.91 Å². The van der Waals surface area contributed by atoms with Gasteiger partial charge in [-0.15, -0.1) is 11.3 Å². The van der Waals surface area contributed by atoms with Crippen LogP contribution < -0.4 is 10.1 Å². The van der Waals surface area contributed by atoms with Crippen LogP contribution >= 0.6 is 11.3 Å². The summed E-state index contributed by atoms with van der Waals surface area (Å²) in [5.41, 5.74) is 2.64. The number of thiophene rings is 1. The van der Waals surface area contributed by atoms with Gasteiger partial charge in [0, 0.05) is 5.69 Å². The van der Waals surface area contributed by atoms with Gasteiger partial charge in [0.2, 0.25) is 0 Å². The van der Waals surface area contributed by atoms with Gasteiger partial charge in [0.1, 0.15) is 5.75 Å². The van der Waals surface area contributed by atoms with Gasteiger partial charge in [0.05, 0.1) is 4.88 Å². The molecule has 0 aliphatic heterocycles. The van der Waals surface area contributed by atoms with Crippen molar-refractivity contribution in [3.63, 3.8) is 0 Å². The summed E-state index contributed by atoms with van der Waals surface area (Å²) in [4.78, 5) is 24.7. The van der Waals surface area contributed by atoms with E-state index in [-0.39, 0.29) is 18.3 Å². The van der Waals surface area contributed by atoms with Gasteiger partial charge in [-0.3, -0.25) is 9.59 Å². The number of allylic oxidation sites excluding steroid dienone is 1. The van der Waals surface area contributed by atoms with Crippen LogP contribution in [0.4, 0.5) is 5.69 Å². The highest BCUT2D eigenvalue weighted by atomic mass is 32.1. The minimum absolute atomic E-state index is 0.0179. The number of ketones is 1. The molecule has 0 unspecified atom stereocenters. The Morgan fingerprint density at radius 1 is 1.07 bits per heavy atom. The standard InChI is InChI=1S/C22H19NO3S/c1-16-4-2-5-19(14-16)26-15-22(25)23-18-10-7-17(8-11-18)9-12-20(24)21-6-3-13-27-21/h2-14H,15H2,1H3,(H,23,25). The van der Waals surface area contributed by atoms with Gasteiger partial charge >= 0.3 is 0 Å². The van der Waals surface area contributed by atoms with Crippen LogP contribution in [0.15, 0.2) is 72.1 Å². The second-order valence-electron chi connectivity index (χ2n) is 5.95. The minimum atomic E-state index is -0.229. The fourth-order valence-electron chi connectivity index (χ4n) is 2.40. The Hall–Kier alpha value is -3.18. The molecule has 136 valence electrons. The normalized spacial score (nSPS) is 10.7. The van der Waals surface area contributed by atoms with Crippen LogP contribution in [0.3, 0.4) is 0 Å². The number of carbonyl (C=O) groups is 2. The third-order valence-corrected chi connectivity index (χ3v) is 4.63. The number of nitrogens with one attached hydrogen (secondary N) is 1. The fourth-order valence-corrected chi connectivity index (χ4v) is 3.05. The molecule has 2 aromatic carbocycles. The third kappa shape index (κ3) is 5.66. The first kappa shape index (κ1) is 18.6. The molecule has 4 nitrogen and oxygen atoms in total. The molecule has 1 N–H and O–H groups in total. The van der Waals surface area contributed by atoms with E-state index < -0.39 is 0 Å². The summed E-state index contributed by atoms with van der Waals surface area (Å²) in [6.45, 7) is 1.91. The Labute approximate surface area is 162 Å². The maximum absolute atomic E-state index is 12.0. The Kier molecular flexibility index (Phi) is 6.18. The molecule has 0 aliphatic rings. The minimum Gasteiger partial charge on any atom is -0.484 e. The molecule has 0 spiro atoms. The van der Waals surface area contributed by atoms with Gasteiger partial charge in [-0.25, -0.2) is 0 Å². The molecule has 1 aromatic heterocycles. The van der Waals surface area contributed by atoms with Gasteiger partial charge < -0.3 is 10.1 Å². The van der Waals surface area contributed by atoms with Crippen LogP contribution in [0.25, 0.3) is 6.08 Å². The number of hydrogen-bond acceptors (Lipinski definition) is 4. The lowest BCUT2D eigenvalue weighted by molar-refractivity contribution is -0.118. The van der Waals surface area contributed by atoms with E-state index in [9.17, 15) is 9.59 Å². The van der Waals surface area contributed by atoms with E-state index in [2.05, 4.69) is 5.32 Å². The smallest absolute Gasteiger partial charge is 0.262 e. The van der Waals surface area contributed by atoms with Crippen LogP contribution in [0.1, 0.15) is 20.8 Å². The van der Waals surface area contributed by atoms with Crippen molar-refractivity contribution >= 4 is 34.8 Å². The van der Waals surface area contributed by atoms with Crippen LogP contribution in [0, 0.1) is 6.92 Å². The van der Waals surface area contributed by atoms with E-state index >= 15 is 0 Å². The van der Waals surface area contributed by atoms with E-state index in [4.69, 9.17) is 4.74 Å². The van der Waals surface area contributed by atoms with Crippen LogP contribution in [0.5, 0.6) is 5.75 Å². The molecule has 1 heterocycles. The zero-order chi connectivity index (χ0) is 19.1. The van der Waals surface area contributed by atoms with Crippen LogP contribution in [0.2, 0.25) is 0 Å². The molecular formula is C22H19NO3S. The van der Waals surface area contributed by atoms with Crippen molar-refractivity contribution in [1.82, 2.24) is 0 Å². The number of hydrogen-bond donors (Lipinski definition) is 1. The number of carbonyl (C=O) groups excluding carboxylic acids is 2. The molecule has 0 bridgehead atoms.